The van der Waals surface area contributed by atoms with Gasteiger partial charge in [0.25, 0.3) is 0 Å². The molecule has 0 spiro atoms. The molecular weight excluding hydrogens is 288 g/mol. The number of pyridine rings is 1. The molecule has 0 unspecified atom stereocenters. The molecule has 0 aromatic carbocycles. The molecule has 0 radical (unpaired) electrons. The highest BCUT2D eigenvalue weighted by molar-refractivity contribution is 7.84. The van der Waals surface area contributed by atoms with Gasteiger partial charge in [0.15, 0.2) is 0 Å². The highest BCUT2D eigenvalue weighted by Crippen LogP contribution is 2.07. The third-order valence-electron chi connectivity index (χ3n) is 3.08. The Hall–Kier alpha value is -1.63. The normalized spacial score (nSPS) is 13.3. The van der Waals surface area contributed by atoms with Crippen LogP contribution in [0.5, 0.6) is 0 Å². The summed E-state index contributed by atoms with van der Waals surface area (Å²) in [6.07, 6.45) is 2.37. The summed E-state index contributed by atoms with van der Waals surface area (Å²) < 4.78 is 11.2. The first-order valence-electron chi connectivity index (χ1n) is 6.87. The maximum atomic E-state index is 11.7. The van der Waals surface area contributed by atoms with E-state index in [1.807, 2.05) is 44.1 Å². The molecule has 1 aromatic heterocycles. The number of carbonyl (C=O) groups is 1. The second-order valence-corrected chi connectivity index (χ2v) is 6.89. The van der Waals surface area contributed by atoms with Crippen LogP contribution in [0.4, 0.5) is 10.6 Å². The van der Waals surface area contributed by atoms with Crippen LogP contribution in [-0.2, 0) is 17.3 Å². The fraction of sp³-hybridized carbons (Fsp3) is 0.571. The van der Waals surface area contributed by atoms with Gasteiger partial charge in [0.2, 0.25) is 0 Å². The van der Waals surface area contributed by atoms with Crippen molar-refractivity contribution in [2.24, 2.45) is 0 Å². The summed E-state index contributed by atoms with van der Waals surface area (Å²) in [5.74, 6) is 0.856. The molecule has 2 amide bonds. The molecule has 0 fully saturated rings. The van der Waals surface area contributed by atoms with Crippen LogP contribution >= 0.6 is 0 Å². The van der Waals surface area contributed by atoms with Gasteiger partial charge in [0.05, 0.1) is 12.2 Å². The molecule has 21 heavy (non-hydrogen) atoms. The topological polar surface area (TPSA) is 74.3 Å². The molecule has 0 saturated heterocycles. The van der Waals surface area contributed by atoms with Gasteiger partial charge in [-0.15, -0.1) is 0 Å². The van der Waals surface area contributed by atoms with Crippen LogP contribution in [0.3, 0.4) is 0 Å². The average Bonchev–Trinajstić information content (AvgIpc) is 2.45. The van der Waals surface area contributed by atoms with Gasteiger partial charge in [-0.2, -0.15) is 0 Å². The molecule has 0 bridgehead atoms. The van der Waals surface area contributed by atoms with Crippen molar-refractivity contribution in [2.45, 2.75) is 25.1 Å². The van der Waals surface area contributed by atoms with Crippen molar-refractivity contribution in [3.05, 3.63) is 23.9 Å². The Morgan fingerprint density at radius 3 is 2.71 bits per heavy atom. The van der Waals surface area contributed by atoms with E-state index in [-0.39, 0.29) is 11.3 Å². The van der Waals surface area contributed by atoms with Crippen molar-refractivity contribution in [1.29, 1.82) is 0 Å². The van der Waals surface area contributed by atoms with Crippen molar-refractivity contribution >= 4 is 22.6 Å². The van der Waals surface area contributed by atoms with E-state index in [1.165, 1.54) is 0 Å². The third kappa shape index (κ3) is 6.57. The number of rotatable bonds is 7. The molecule has 6 nitrogen and oxygen atoms in total. The number of anilines is 1. The quantitative estimate of drug-likeness (QED) is 0.791. The zero-order chi connectivity index (χ0) is 15.8. The lowest BCUT2D eigenvalue weighted by Gasteiger charge is -2.13. The van der Waals surface area contributed by atoms with Gasteiger partial charge in [-0.1, -0.05) is 13.0 Å². The molecule has 1 rings (SSSR count). The maximum Gasteiger partial charge on any atom is 0.315 e. The summed E-state index contributed by atoms with van der Waals surface area (Å²) >= 11 is 0. The standard InChI is InChI=1S/C14H24N4O2S/c1-11(21(4)20)8-9-15-14(19)16-10-12-6-5-7-13(17-12)18(2)3/h5-7,11H,8-10H2,1-4H3,(H2,15,16,19)/t11-,21-/m1/s1. The molecule has 0 aliphatic carbocycles. The van der Waals surface area contributed by atoms with E-state index >= 15 is 0 Å². The highest BCUT2D eigenvalue weighted by atomic mass is 32.2. The molecule has 2 atom stereocenters. The largest absolute Gasteiger partial charge is 0.363 e. The van der Waals surface area contributed by atoms with Crippen LogP contribution in [0, 0.1) is 0 Å². The van der Waals surface area contributed by atoms with E-state index in [0.717, 1.165) is 11.5 Å². The van der Waals surface area contributed by atoms with Gasteiger partial charge in [-0.05, 0) is 18.6 Å². The van der Waals surface area contributed by atoms with Crippen LogP contribution in [0.25, 0.3) is 0 Å². The Kier molecular flexibility index (Phi) is 7.14. The zero-order valence-electron chi connectivity index (χ0n) is 13.0. The zero-order valence-corrected chi connectivity index (χ0v) is 13.9. The maximum absolute atomic E-state index is 11.7. The Morgan fingerprint density at radius 2 is 2.10 bits per heavy atom. The monoisotopic (exact) mass is 312 g/mol. The SMILES string of the molecule is C[C@H](CCNC(=O)NCc1cccc(N(C)C)n1)[S@@](C)=O. The number of urea groups is 1. The Balaban J connectivity index is 2.33. The summed E-state index contributed by atoms with van der Waals surface area (Å²) in [5, 5.41) is 5.60. The summed E-state index contributed by atoms with van der Waals surface area (Å²) in [4.78, 5) is 18.0. The Labute approximate surface area is 128 Å². The van der Waals surface area contributed by atoms with Crippen molar-refractivity contribution in [1.82, 2.24) is 15.6 Å². The number of hydrogen-bond acceptors (Lipinski definition) is 4. The molecule has 1 aromatic rings. The summed E-state index contributed by atoms with van der Waals surface area (Å²) in [6.45, 7) is 2.80. The van der Waals surface area contributed by atoms with Crippen molar-refractivity contribution in [2.75, 3.05) is 31.8 Å². The van der Waals surface area contributed by atoms with E-state index in [0.29, 0.717) is 19.5 Å². The fourth-order valence-electron chi connectivity index (χ4n) is 1.60. The Bertz CT molecular complexity index is 494. The minimum absolute atomic E-state index is 0.0868. The van der Waals surface area contributed by atoms with Gasteiger partial charge in [0, 0.05) is 42.9 Å². The lowest BCUT2D eigenvalue weighted by molar-refractivity contribution is 0.240. The van der Waals surface area contributed by atoms with Crippen LogP contribution in [0.1, 0.15) is 19.0 Å². The molecular formula is C14H24N4O2S. The molecule has 7 heteroatoms. The number of amides is 2. The van der Waals surface area contributed by atoms with Gasteiger partial charge in [-0.3, -0.25) is 4.21 Å². The van der Waals surface area contributed by atoms with Crippen LogP contribution in [-0.4, -0.2) is 47.4 Å². The summed E-state index contributed by atoms with van der Waals surface area (Å²) in [5.41, 5.74) is 0.805. The molecule has 0 saturated carbocycles. The van der Waals surface area contributed by atoms with E-state index < -0.39 is 10.8 Å². The summed E-state index contributed by atoms with van der Waals surface area (Å²) in [6, 6.07) is 5.46. The summed E-state index contributed by atoms with van der Waals surface area (Å²) in [7, 11) is 2.99. The van der Waals surface area contributed by atoms with Gasteiger partial charge in [0.1, 0.15) is 5.82 Å². The van der Waals surface area contributed by atoms with Crippen molar-refractivity contribution in [3.8, 4) is 0 Å². The molecule has 0 aliphatic rings. The number of nitrogens with one attached hydrogen (secondary N) is 2. The lowest BCUT2D eigenvalue weighted by Crippen LogP contribution is -2.36. The van der Waals surface area contributed by atoms with Gasteiger partial charge >= 0.3 is 6.03 Å². The van der Waals surface area contributed by atoms with Gasteiger partial charge in [-0.25, -0.2) is 9.78 Å². The predicted molar refractivity (Wildman–Crippen MR) is 86.9 cm³/mol. The fourth-order valence-corrected chi connectivity index (χ4v) is 2.05. The molecule has 1 heterocycles. The van der Waals surface area contributed by atoms with Crippen LogP contribution in [0.2, 0.25) is 0 Å². The smallest absolute Gasteiger partial charge is 0.315 e. The number of nitrogens with zero attached hydrogens (tertiary/aromatic N) is 2. The lowest BCUT2D eigenvalue weighted by atomic mass is 10.3. The van der Waals surface area contributed by atoms with Gasteiger partial charge < -0.3 is 15.5 Å². The van der Waals surface area contributed by atoms with E-state index in [4.69, 9.17) is 0 Å². The molecule has 0 aliphatic heterocycles. The van der Waals surface area contributed by atoms with E-state index in [9.17, 15) is 9.00 Å². The van der Waals surface area contributed by atoms with E-state index in [1.54, 1.807) is 6.26 Å². The minimum Gasteiger partial charge on any atom is -0.363 e. The van der Waals surface area contributed by atoms with Crippen LogP contribution in [0.15, 0.2) is 18.2 Å². The molecule has 2 N–H and O–H groups in total. The second kappa shape index (κ2) is 8.61. The average molecular weight is 312 g/mol. The number of aromatic nitrogens is 1. The third-order valence-corrected chi connectivity index (χ3v) is 4.45. The number of hydrogen-bond donors (Lipinski definition) is 2. The van der Waals surface area contributed by atoms with E-state index in [2.05, 4.69) is 15.6 Å². The first-order chi connectivity index (χ1) is 9.90. The Morgan fingerprint density at radius 1 is 1.38 bits per heavy atom. The van der Waals surface area contributed by atoms with Crippen molar-refractivity contribution < 1.29 is 9.00 Å². The number of carbonyl (C=O) groups excluding carboxylic acids is 1. The molecule has 118 valence electrons. The minimum atomic E-state index is -0.852. The predicted octanol–water partition coefficient (Wildman–Crippen LogP) is 1.10. The van der Waals surface area contributed by atoms with Crippen LogP contribution < -0.4 is 15.5 Å². The highest BCUT2D eigenvalue weighted by Gasteiger charge is 2.07. The first-order valence-corrected chi connectivity index (χ1v) is 8.49. The second-order valence-electron chi connectivity index (χ2n) is 5.09. The first kappa shape index (κ1) is 17.4. The van der Waals surface area contributed by atoms with Crippen molar-refractivity contribution in [3.63, 3.8) is 0 Å².